The van der Waals surface area contributed by atoms with E-state index in [4.69, 9.17) is 30.8 Å². The highest BCUT2D eigenvalue weighted by atomic mass is 35.5. The molecule has 0 spiro atoms. The maximum Gasteiger partial charge on any atom is 0.338 e. The van der Waals surface area contributed by atoms with Crippen molar-refractivity contribution in [1.82, 2.24) is 5.32 Å². The maximum absolute atomic E-state index is 12.8. The van der Waals surface area contributed by atoms with Crippen molar-refractivity contribution in [1.29, 1.82) is 0 Å². The summed E-state index contributed by atoms with van der Waals surface area (Å²) in [5.74, 6) is 0.583. The van der Waals surface area contributed by atoms with Crippen molar-refractivity contribution in [2.24, 2.45) is 4.99 Å². The van der Waals surface area contributed by atoms with Crippen LogP contribution in [0.1, 0.15) is 25.5 Å². The average Bonchev–Trinajstić information content (AvgIpc) is 2.83. The number of benzene rings is 2. The lowest BCUT2D eigenvalue weighted by Crippen LogP contribution is -2.31. The van der Waals surface area contributed by atoms with Gasteiger partial charge in [-0.25, -0.2) is 9.79 Å². The topological polar surface area (TPSA) is 98.2 Å². The Kier molecular flexibility index (Phi) is 8.84. The summed E-state index contributed by atoms with van der Waals surface area (Å²) < 4.78 is 16.1. The summed E-state index contributed by atoms with van der Waals surface area (Å²) in [4.78, 5) is 29.9. The van der Waals surface area contributed by atoms with Gasteiger partial charge in [0.2, 0.25) is 5.91 Å². The maximum atomic E-state index is 12.8. The number of amidine groups is 1. The van der Waals surface area contributed by atoms with E-state index in [9.17, 15) is 9.59 Å². The van der Waals surface area contributed by atoms with Crippen molar-refractivity contribution in [3.63, 3.8) is 0 Å². The Labute approximate surface area is 207 Å². The third kappa shape index (κ3) is 6.24. The molecule has 0 bridgehead atoms. The highest BCUT2D eigenvalue weighted by Gasteiger charge is 2.32. The zero-order chi connectivity index (χ0) is 24.7. The number of hydrogen-bond donors (Lipinski definition) is 2. The molecule has 0 unspecified atom stereocenters. The lowest BCUT2D eigenvalue weighted by molar-refractivity contribution is -0.139. The Morgan fingerprint density at radius 1 is 1.15 bits per heavy atom. The fourth-order valence-electron chi connectivity index (χ4n) is 3.33. The number of ether oxygens (including phenoxy) is 3. The number of anilines is 1. The number of esters is 1. The number of hydrogen-bond acceptors (Lipinski definition) is 8. The van der Waals surface area contributed by atoms with E-state index in [0.717, 1.165) is 0 Å². The monoisotopic (exact) mass is 503 g/mol. The molecule has 1 atom stereocenters. The van der Waals surface area contributed by atoms with Crippen LogP contribution in [0.15, 0.2) is 58.7 Å². The van der Waals surface area contributed by atoms with Crippen molar-refractivity contribution in [3.8, 4) is 11.5 Å². The first kappa shape index (κ1) is 25.5. The molecule has 2 aromatic carbocycles. The van der Waals surface area contributed by atoms with E-state index in [2.05, 4.69) is 10.6 Å². The molecular formula is C24H26ClN3O5S. The first-order valence-electron chi connectivity index (χ1n) is 10.5. The molecule has 0 saturated heterocycles. The predicted molar refractivity (Wildman–Crippen MR) is 135 cm³/mol. The van der Waals surface area contributed by atoms with Crippen LogP contribution in [0.25, 0.3) is 0 Å². The van der Waals surface area contributed by atoms with Crippen LogP contribution >= 0.6 is 23.4 Å². The standard InChI is InChI=1S/C24H26ClN3O5S/c1-5-33-23(30)21-14(2)26-24(34-13-20(29)27-16-8-6-15(25)7-9-16)28-22(21)18-11-10-17(31-3)12-19(18)32-4/h6-12,22H,5,13H2,1-4H3,(H,26,28)(H,27,29)/t22-/m0/s1. The first-order chi connectivity index (χ1) is 16.4. The van der Waals surface area contributed by atoms with Gasteiger partial charge in [0.25, 0.3) is 0 Å². The number of methoxy groups -OCH3 is 2. The van der Waals surface area contributed by atoms with Crippen LogP contribution < -0.4 is 20.1 Å². The van der Waals surface area contributed by atoms with E-state index in [0.29, 0.717) is 44.2 Å². The molecule has 0 radical (unpaired) electrons. The van der Waals surface area contributed by atoms with Gasteiger partial charge in [0.15, 0.2) is 5.17 Å². The summed E-state index contributed by atoms with van der Waals surface area (Å²) in [5, 5.41) is 7.03. The molecule has 1 aliphatic rings. The number of rotatable bonds is 8. The molecule has 180 valence electrons. The van der Waals surface area contributed by atoms with Gasteiger partial charge in [-0.05, 0) is 50.2 Å². The fraction of sp³-hybridized carbons (Fsp3) is 0.292. The Balaban J connectivity index is 1.84. The Hall–Kier alpha value is -3.17. The van der Waals surface area contributed by atoms with Crippen LogP contribution in [0.3, 0.4) is 0 Å². The Bertz CT molecular complexity index is 1120. The number of nitrogens with one attached hydrogen (secondary N) is 2. The van der Waals surface area contributed by atoms with Crippen LogP contribution in [0.5, 0.6) is 11.5 Å². The summed E-state index contributed by atoms with van der Waals surface area (Å²) in [6.45, 7) is 3.76. The van der Waals surface area contributed by atoms with Crippen molar-refractivity contribution < 1.29 is 23.8 Å². The summed E-state index contributed by atoms with van der Waals surface area (Å²) in [6, 6.07) is 11.5. The number of aliphatic imine (C=N–C) groups is 1. The summed E-state index contributed by atoms with van der Waals surface area (Å²) >= 11 is 7.11. The lowest BCUT2D eigenvalue weighted by Gasteiger charge is -2.26. The van der Waals surface area contributed by atoms with Crippen LogP contribution in [0.4, 0.5) is 5.69 Å². The Morgan fingerprint density at radius 2 is 1.88 bits per heavy atom. The zero-order valence-electron chi connectivity index (χ0n) is 19.3. The van der Waals surface area contributed by atoms with E-state index in [1.165, 1.54) is 11.8 Å². The second-order valence-corrected chi connectivity index (χ2v) is 8.57. The van der Waals surface area contributed by atoms with Gasteiger partial charge in [-0.1, -0.05) is 23.4 Å². The van der Waals surface area contributed by atoms with Gasteiger partial charge in [-0.2, -0.15) is 0 Å². The minimum atomic E-state index is -0.678. The number of allylic oxidation sites excluding steroid dienone is 1. The van der Waals surface area contributed by atoms with Crippen LogP contribution in [0.2, 0.25) is 5.02 Å². The quantitative estimate of drug-likeness (QED) is 0.509. The summed E-state index contributed by atoms with van der Waals surface area (Å²) in [7, 11) is 3.11. The third-order valence-electron chi connectivity index (χ3n) is 4.92. The number of thioether (sulfide) groups is 1. The van der Waals surface area contributed by atoms with Gasteiger partial charge in [0.05, 0.1) is 32.2 Å². The number of carbonyl (C=O) groups excluding carboxylic acids is 2. The second kappa shape index (κ2) is 11.8. The molecule has 34 heavy (non-hydrogen) atoms. The smallest absolute Gasteiger partial charge is 0.338 e. The molecule has 1 amide bonds. The molecule has 0 saturated carbocycles. The number of amides is 1. The first-order valence-corrected chi connectivity index (χ1v) is 11.9. The minimum absolute atomic E-state index is 0.114. The molecule has 10 heteroatoms. The van der Waals surface area contributed by atoms with Crippen molar-refractivity contribution in [3.05, 3.63) is 64.3 Å². The normalized spacial score (nSPS) is 15.2. The lowest BCUT2D eigenvalue weighted by atomic mass is 9.95. The summed E-state index contributed by atoms with van der Waals surface area (Å²) in [5.41, 5.74) is 2.29. The molecule has 0 aliphatic carbocycles. The van der Waals surface area contributed by atoms with E-state index in [-0.39, 0.29) is 18.3 Å². The molecule has 1 heterocycles. The zero-order valence-corrected chi connectivity index (χ0v) is 20.9. The van der Waals surface area contributed by atoms with E-state index >= 15 is 0 Å². The van der Waals surface area contributed by atoms with Gasteiger partial charge in [-0.3, -0.25) is 4.79 Å². The molecule has 3 rings (SSSR count). The third-order valence-corrected chi connectivity index (χ3v) is 6.06. The van der Waals surface area contributed by atoms with Crippen molar-refractivity contribution >= 4 is 46.1 Å². The molecule has 2 aromatic rings. The van der Waals surface area contributed by atoms with E-state index in [1.807, 2.05) is 0 Å². The van der Waals surface area contributed by atoms with E-state index < -0.39 is 12.0 Å². The van der Waals surface area contributed by atoms with Crippen molar-refractivity contribution in [2.45, 2.75) is 19.9 Å². The highest BCUT2D eigenvalue weighted by Crippen LogP contribution is 2.39. The number of carbonyl (C=O) groups is 2. The molecule has 8 nitrogen and oxygen atoms in total. The van der Waals surface area contributed by atoms with Crippen LogP contribution in [0, 0.1) is 0 Å². The molecule has 2 N–H and O–H groups in total. The number of nitrogens with zero attached hydrogens (tertiary/aromatic N) is 1. The van der Waals surface area contributed by atoms with Gasteiger partial charge in [-0.15, -0.1) is 0 Å². The number of halogens is 1. The minimum Gasteiger partial charge on any atom is -0.497 e. The van der Waals surface area contributed by atoms with Crippen molar-refractivity contribution in [2.75, 3.05) is 31.9 Å². The van der Waals surface area contributed by atoms with Gasteiger partial charge in [0, 0.05) is 28.0 Å². The predicted octanol–water partition coefficient (Wildman–Crippen LogP) is 4.57. The van der Waals surface area contributed by atoms with E-state index in [1.54, 1.807) is 70.5 Å². The molecule has 1 aliphatic heterocycles. The van der Waals surface area contributed by atoms with Gasteiger partial charge >= 0.3 is 5.97 Å². The molecule has 0 fully saturated rings. The van der Waals surface area contributed by atoms with Gasteiger partial charge < -0.3 is 24.8 Å². The molecule has 0 aromatic heterocycles. The molecular weight excluding hydrogens is 478 g/mol. The average molecular weight is 504 g/mol. The fourth-order valence-corrected chi connectivity index (χ4v) is 4.20. The largest absolute Gasteiger partial charge is 0.497 e. The van der Waals surface area contributed by atoms with Crippen LogP contribution in [-0.4, -0.2) is 43.6 Å². The Morgan fingerprint density at radius 3 is 2.53 bits per heavy atom. The van der Waals surface area contributed by atoms with Gasteiger partial charge in [0.1, 0.15) is 17.5 Å². The highest BCUT2D eigenvalue weighted by molar-refractivity contribution is 8.14. The summed E-state index contributed by atoms with van der Waals surface area (Å²) in [6.07, 6.45) is 0. The SMILES string of the molecule is CCOC(=O)C1=C(C)NC(SCC(=O)Nc2ccc(Cl)cc2)=N[C@H]1c1ccc(OC)cc1OC. The van der Waals surface area contributed by atoms with Crippen LogP contribution in [-0.2, 0) is 14.3 Å². The second-order valence-electron chi connectivity index (χ2n) is 7.17.